The third kappa shape index (κ3) is 9.38. The van der Waals surface area contributed by atoms with Crippen molar-refractivity contribution < 1.29 is 17.1 Å². The van der Waals surface area contributed by atoms with Gasteiger partial charge in [0.2, 0.25) is 0 Å². The van der Waals surface area contributed by atoms with Gasteiger partial charge in [-0.25, -0.2) is 18.2 Å². The predicted molar refractivity (Wildman–Crippen MR) is 159 cm³/mol. The van der Waals surface area contributed by atoms with Gasteiger partial charge in [0, 0.05) is 0 Å². The Morgan fingerprint density at radius 1 is 0.914 bits per heavy atom. The molecule has 4 heteroatoms. The molecule has 1 nitrogen and oxygen atoms in total. The molecule has 2 aliphatic rings. The number of likely N-dealkylation sites (N-methyl/N-ethyl adjacent to an activating group) is 1. The summed E-state index contributed by atoms with van der Waals surface area (Å²) in [6, 6.07) is 15.2. The molecule has 0 spiro atoms. The van der Waals surface area contributed by atoms with Crippen LogP contribution in [0.15, 0.2) is 42.5 Å². The quantitative estimate of drug-likeness (QED) is 0.189. The Morgan fingerprint density at radius 2 is 1.43 bits per heavy atom. The average Bonchev–Trinajstić information content (AvgIpc) is 3.52. The van der Waals surface area contributed by atoms with Gasteiger partial charge < -0.3 is 4.90 Å². The Kier molecular flexibility index (Phi) is 13.8. The maximum absolute atomic E-state index is 2.64. The minimum atomic E-state index is -0.129. The summed E-state index contributed by atoms with van der Waals surface area (Å²) in [7, 11) is 4.32. The molecule has 0 heterocycles. The summed E-state index contributed by atoms with van der Waals surface area (Å²) in [6.07, 6.45) is 16.2. The van der Waals surface area contributed by atoms with Crippen molar-refractivity contribution in [2.75, 3.05) is 27.3 Å². The van der Waals surface area contributed by atoms with Gasteiger partial charge >= 0.3 is 17.1 Å². The fourth-order valence-electron chi connectivity index (χ4n) is 5.71. The van der Waals surface area contributed by atoms with Gasteiger partial charge in [0.15, 0.2) is 0 Å². The van der Waals surface area contributed by atoms with E-state index in [2.05, 4.69) is 58.6 Å². The van der Waals surface area contributed by atoms with E-state index >= 15 is 0 Å². The van der Waals surface area contributed by atoms with E-state index in [4.69, 9.17) is 0 Å². The molecule has 0 aliphatic heterocycles. The second kappa shape index (κ2) is 15.5. The van der Waals surface area contributed by atoms with Crippen LogP contribution in [0.3, 0.4) is 0 Å². The van der Waals surface area contributed by atoms with Crippen LogP contribution >= 0.6 is 15.8 Å². The van der Waals surface area contributed by atoms with Crippen molar-refractivity contribution in [3.8, 4) is 0 Å². The summed E-state index contributed by atoms with van der Waals surface area (Å²) in [5.41, 5.74) is 3.71. The van der Waals surface area contributed by atoms with Gasteiger partial charge in [-0.1, -0.05) is 73.6 Å². The molecular weight excluding hydrogens is 504 g/mol. The van der Waals surface area contributed by atoms with Crippen molar-refractivity contribution in [3.63, 3.8) is 0 Å². The van der Waals surface area contributed by atoms with E-state index in [9.17, 15) is 0 Å². The van der Waals surface area contributed by atoms with Crippen LogP contribution in [0.25, 0.3) is 0 Å². The fraction of sp³-hybridized carbons (Fsp3) is 0.677. The van der Waals surface area contributed by atoms with E-state index in [0.29, 0.717) is 5.16 Å². The molecule has 198 valence electrons. The van der Waals surface area contributed by atoms with Crippen molar-refractivity contribution in [1.82, 2.24) is 4.90 Å². The Bertz CT molecular complexity index is 757. The van der Waals surface area contributed by atoms with Crippen LogP contribution < -0.4 is 10.6 Å². The standard InChI is InChI=1S/C26H46NP2.C5H5.Fe/c1-26(2,3)28(6)25-21(19-20-27(4)5)17-18-24(25)29(22-13-9-7-10-14-22)23-15-11-8-12-16-23;1-2-4-5-3-1;/h17-18,22-23H,7-16,19-20H2,1-6H3;1-5H;/q2*-1;+2. The molecule has 2 fully saturated rings. The van der Waals surface area contributed by atoms with E-state index in [1.165, 1.54) is 77.2 Å². The summed E-state index contributed by atoms with van der Waals surface area (Å²) in [6.45, 7) is 11.2. The first-order valence-electron chi connectivity index (χ1n) is 13.9. The summed E-state index contributed by atoms with van der Waals surface area (Å²) in [5, 5.41) is 4.11. The SMILES string of the molecule is CN(C)CCc1cc[c-](P(C2CCCCC2)C2CCCCC2)c1P(C)C(C)(C)C.[Fe+2].c1cc[cH-]c1. The van der Waals surface area contributed by atoms with E-state index < -0.39 is 0 Å². The minimum Gasteiger partial charge on any atom is -0.310 e. The van der Waals surface area contributed by atoms with Crippen LogP contribution in [0.4, 0.5) is 0 Å². The Labute approximate surface area is 230 Å². The van der Waals surface area contributed by atoms with E-state index in [0.717, 1.165) is 11.3 Å². The molecule has 1 unspecified atom stereocenters. The third-order valence-corrected chi connectivity index (χ3v) is 14.9. The minimum absolute atomic E-state index is 0. The topological polar surface area (TPSA) is 3.24 Å². The molecule has 2 aliphatic carbocycles. The maximum atomic E-state index is 2.64. The number of hydrogen-bond donors (Lipinski definition) is 0. The first kappa shape index (κ1) is 31.3. The van der Waals surface area contributed by atoms with Crippen LogP contribution in [0.2, 0.25) is 0 Å². The molecule has 0 aromatic heterocycles. The van der Waals surface area contributed by atoms with Gasteiger partial charge in [-0.05, 0) is 69.5 Å². The van der Waals surface area contributed by atoms with Crippen molar-refractivity contribution >= 4 is 26.5 Å². The maximum Gasteiger partial charge on any atom is 2.00 e. The van der Waals surface area contributed by atoms with Crippen LogP contribution in [0, 0.1) is 0 Å². The van der Waals surface area contributed by atoms with Gasteiger partial charge in [0.1, 0.15) is 0 Å². The molecule has 0 amide bonds. The number of hydrogen-bond acceptors (Lipinski definition) is 1. The Hall–Kier alpha value is 0.0395. The zero-order valence-electron chi connectivity index (χ0n) is 23.4. The van der Waals surface area contributed by atoms with Crippen LogP contribution in [-0.4, -0.2) is 48.7 Å². The summed E-state index contributed by atoms with van der Waals surface area (Å²) >= 11 is 0. The normalized spacial score (nSPS) is 18.7. The molecule has 35 heavy (non-hydrogen) atoms. The molecule has 0 radical (unpaired) electrons. The van der Waals surface area contributed by atoms with Crippen LogP contribution in [-0.2, 0) is 23.5 Å². The molecular formula is C31H51FeNP2. The molecule has 2 aromatic carbocycles. The Balaban J connectivity index is 0.000000640. The second-order valence-corrected chi connectivity index (χ2v) is 17.5. The van der Waals surface area contributed by atoms with Gasteiger partial charge in [-0.2, -0.15) is 29.8 Å². The van der Waals surface area contributed by atoms with Gasteiger partial charge in [0.05, 0.1) is 0 Å². The molecule has 2 saturated carbocycles. The average molecular weight is 556 g/mol. The summed E-state index contributed by atoms with van der Waals surface area (Å²) < 4.78 is 0. The largest absolute Gasteiger partial charge is 2.00 e. The molecule has 1 atom stereocenters. The third-order valence-electron chi connectivity index (χ3n) is 7.93. The van der Waals surface area contributed by atoms with Crippen molar-refractivity contribution in [3.05, 3.63) is 48.0 Å². The molecule has 0 N–H and O–H groups in total. The molecule has 4 rings (SSSR count). The molecule has 0 bridgehead atoms. The first-order valence-corrected chi connectivity index (χ1v) is 17.2. The zero-order valence-corrected chi connectivity index (χ0v) is 26.3. The first-order chi connectivity index (χ1) is 16.3. The fourth-order valence-corrected chi connectivity index (χ4v) is 12.1. The molecule has 0 saturated heterocycles. The zero-order chi connectivity index (χ0) is 24.6. The van der Waals surface area contributed by atoms with E-state index in [-0.39, 0.29) is 32.9 Å². The predicted octanol–water partition coefficient (Wildman–Crippen LogP) is 8.22. The molecule has 2 aromatic rings. The van der Waals surface area contributed by atoms with Gasteiger partial charge in [-0.15, -0.1) is 18.5 Å². The van der Waals surface area contributed by atoms with Crippen LogP contribution in [0.5, 0.6) is 0 Å². The van der Waals surface area contributed by atoms with E-state index in [1.54, 1.807) is 5.56 Å². The Morgan fingerprint density at radius 3 is 1.83 bits per heavy atom. The smallest absolute Gasteiger partial charge is 0.310 e. The van der Waals surface area contributed by atoms with Crippen molar-refractivity contribution in [1.29, 1.82) is 0 Å². The number of rotatable bonds is 7. The van der Waals surface area contributed by atoms with Crippen LogP contribution in [0.1, 0.15) is 90.5 Å². The van der Waals surface area contributed by atoms with Gasteiger partial charge in [0.25, 0.3) is 0 Å². The van der Waals surface area contributed by atoms with E-state index in [1.807, 2.05) is 40.9 Å². The van der Waals surface area contributed by atoms with Crippen molar-refractivity contribution in [2.45, 2.75) is 108 Å². The summed E-state index contributed by atoms with van der Waals surface area (Å²) in [5.74, 6) is 0. The number of nitrogens with zero attached hydrogens (tertiary/aromatic N) is 1. The summed E-state index contributed by atoms with van der Waals surface area (Å²) in [4.78, 5) is 2.36. The van der Waals surface area contributed by atoms with Gasteiger partial charge in [-0.3, -0.25) is 0 Å². The van der Waals surface area contributed by atoms with Crippen molar-refractivity contribution in [2.24, 2.45) is 0 Å². The second-order valence-electron chi connectivity index (χ2n) is 11.8. The monoisotopic (exact) mass is 555 g/mol.